The maximum atomic E-state index is 9.85. The molecule has 0 amide bonds. The maximum Gasteiger partial charge on any atom is 0.0682 e. The molecule has 2 saturated heterocycles. The van der Waals surface area contributed by atoms with Crippen molar-refractivity contribution in [1.82, 2.24) is 14.7 Å². The van der Waals surface area contributed by atoms with Crippen molar-refractivity contribution in [1.29, 1.82) is 0 Å². The molecule has 2 unspecified atom stereocenters. The minimum absolute atomic E-state index is 0.115. The molecule has 0 aliphatic carbocycles. The molecule has 0 aromatic carbocycles. The van der Waals surface area contributed by atoms with Gasteiger partial charge in [0.25, 0.3) is 0 Å². The molecule has 2 aliphatic heterocycles. The number of aliphatic hydroxyl groups is 1. The lowest BCUT2D eigenvalue weighted by molar-refractivity contribution is 0.147. The van der Waals surface area contributed by atoms with Gasteiger partial charge in [-0.25, -0.2) is 0 Å². The summed E-state index contributed by atoms with van der Waals surface area (Å²) in [6.07, 6.45) is 4.96. The molecule has 0 bridgehead atoms. The fourth-order valence-corrected chi connectivity index (χ4v) is 3.30. The Morgan fingerprint density at radius 3 is 2.50 bits per heavy atom. The van der Waals surface area contributed by atoms with Crippen LogP contribution in [0.2, 0.25) is 0 Å². The first kappa shape index (κ1) is 14.3. The standard InChI is InChI=1S/C14H29N3O/c1-15(2)11-13-10-14(18)12-17(13)9-8-16-6-4-3-5-7-16/h13-14,18H,3-12H2,1-2H3. The Labute approximate surface area is 112 Å². The van der Waals surface area contributed by atoms with E-state index in [0.717, 1.165) is 26.1 Å². The van der Waals surface area contributed by atoms with Gasteiger partial charge in [0.2, 0.25) is 0 Å². The van der Waals surface area contributed by atoms with Crippen LogP contribution in [0.4, 0.5) is 0 Å². The molecule has 2 rings (SSSR count). The topological polar surface area (TPSA) is 30.0 Å². The highest BCUT2D eigenvalue weighted by molar-refractivity contribution is 4.87. The van der Waals surface area contributed by atoms with Crippen LogP contribution in [0, 0.1) is 0 Å². The Kier molecular flexibility index (Phi) is 5.42. The molecule has 0 aromatic rings. The Hall–Kier alpha value is -0.160. The van der Waals surface area contributed by atoms with Crippen molar-refractivity contribution in [3.63, 3.8) is 0 Å². The summed E-state index contributed by atoms with van der Waals surface area (Å²) < 4.78 is 0. The van der Waals surface area contributed by atoms with Crippen molar-refractivity contribution in [2.24, 2.45) is 0 Å². The molecule has 4 nitrogen and oxygen atoms in total. The quantitative estimate of drug-likeness (QED) is 0.773. The van der Waals surface area contributed by atoms with E-state index in [2.05, 4.69) is 28.8 Å². The zero-order chi connectivity index (χ0) is 13.0. The molecule has 0 spiro atoms. The van der Waals surface area contributed by atoms with E-state index in [1.165, 1.54) is 38.9 Å². The van der Waals surface area contributed by atoms with E-state index in [9.17, 15) is 5.11 Å². The summed E-state index contributed by atoms with van der Waals surface area (Å²) in [4.78, 5) is 7.30. The van der Waals surface area contributed by atoms with Gasteiger partial charge >= 0.3 is 0 Å². The van der Waals surface area contributed by atoms with E-state index in [4.69, 9.17) is 0 Å². The van der Waals surface area contributed by atoms with Gasteiger partial charge in [0.05, 0.1) is 6.10 Å². The summed E-state index contributed by atoms with van der Waals surface area (Å²) in [6, 6.07) is 0.541. The molecule has 0 aromatic heterocycles. The number of nitrogens with zero attached hydrogens (tertiary/aromatic N) is 3. The van der Waals surface area contributed by atoms with Gasteiger partial charge in [0.1, 0.15) is 0 Å². The van der Waals surface area contributed by atoms with Crippen LogP contribution in [0.5, 0.6) is 0 Å². The molecule has 106 valence electrons. The number of hydrogen-bond acceptors (Lipinski definition) is 4. The van der Waals surface area contributed by atoms with Crippen LogP contribution in [0.1, 0.15) is 25.7 Å². The molecule has 2 heterocycles. The highest BCUT2D eigenvalue weighted by atomic mass is 16.3. The molecular formula is C14H29N3O. The normalized spacial score (nSPS) is 31.3. The third-order valence-corrected chi connectivity index (χ3v) is 4.23. The Bertz CT molecular complexity index is 241. The molecule has 1 N–H and O–H groups in total. The third-order valence-electron chi connectivity index (χ3n) is 4.23. The lowest BCUT2D eigenvalue weighted by Crippen LogP contribution is -2.43. The van der Waals surface area contributed by atoms with Gasteiger partial charge in [0, 0.05) is 32.2 Å². The van der Waals surface area contributed by atoms with E-state index in [1.54, 1.807) is 0 Å². The van der Waals surface area contributed by atoms with E-state index in [0.29, 0.717) is 6.04 Å². The fraction of sp³-hybridized carbons (Fsp3) is 1.00. The molecular weight excluding hydrogens is 226 g/mol. The second kappa shape index (κ2) is 6.85. The Balaban J connectivity index is 1.75. The van der Waals surface area contributed by atoms with Crippen LogP contribution in [-0.4, -0.2) is 85.3 Å². The minimum atomic E-state index is -0.115. The van der Waals surface area contributed by atoms with E-state index < -0.39 is 0 Å². The summed E-state index contributed by atoms with van der Waals surface area (Å²) in [5.74, 6) is 0. The lowest BCUT2D eigenvalue weighted by atomic mass is 10.1. The fourth-order valence-electron chi connectivity index (χ4n) is 3.30. The first-order chi connectivity index (χ1) is 8.65. The van der Waals surface area contributed by atoms with Crippen molar-refractivity contribution in [3.05, 3.63) is 0 Å². The number of piperidine rings is 1. The summed E-state index contributed by atoms with van der Waals surface area (Å²) in [5.41, 5.74) is 0. The Morgan fingerprint density at radius 2 is 1.83 bits per heavy atom. The number of likely N-dealkylation sites (N-methyl/N-ethyl adjacent to an activating group) is 1. The van der Waals surface area contributed by atoms with Gasteiger partial charge in [-0.05, 0) is 46.4 Å². The maximum absolute atomic E-state index is 9.85. The SMILES string of the molecule is CN(C)CC1CC(O)CN1CCN1CCCCC1. The molecule has 2 aliphatic rings. The van der Waals surface area contributed by atoms with Crippen LogP contribution in [-0.2, 0) is 0 Å². The lowest BCUT2D eigenvalue weighted by Gasteiger charge is -2.31. The first-order valence-corrected chi connectivity index (χ1v) is 7.44. The van der Waals surface area contributed by atoms with Crippen LogP contribution in [0.3, 0.4) is 0 Å². The van der Waals surface area contributed by atoms with Crippen LogP contribution in [0.25, 0.3) is 0 Å². The van der Waals surface area contributed by atoms with Gasteiger partial charge in [-0.1, -0.05) is 6.42 Å². The molecule has 2 atom stereocenters. The second-order valence-electron chi connectivity index (χ2n) is 6.20. The second-order valence-corrected chi connectivity index (χ2v) is 6.20. The monoisotopic (exact) mass is 255 g/mol. The first-order valence-electron chi connectivity index (χ1n) is 7.44. The minimum Gasteiger partial charge on any atom is -0.392 e. The third kappa shape index (κ3) is 4.19. The van der Waals surface area contributed by atoms with Crippen molar-refractivity contribution in [3.8, 4) is 0 Å². The highest BCUT2D eigenvalue weighted by Crippen LogP contribution is 2.18. The van der Waals surface area contributed by atoms with Gasteiger partial charge in [0.15, 0.2) is 0 Å². The number of hydrogen-bond donors (Lipinski definition) is 1. The molecule has 0 saturated carbocycles. The molecule has 18 heavy (non-hydrogen) atoms. The average molecular weight is 255 g/mol. The zero-order valence-electron chi connectivity index (χ0n) is 12.0. The average Bonchev–Trinajstić information content (AvgIpc) is 2.67. The molecule has 4 heteroatoms. The summed E-state index contributed by atoms with van der Waals surface area (Å²) >= 11 is 0. The van der Waals surface area contributed by atoms with Crippen LogP contribution >= 0.6 is 0 Å². The van der Waals surface area contributed by atoms with Crippen molar-refractivity contribution in [2.75, 3.05) is 53.4 Å². The largest absolute Gasteiger partial charge is 0.392 e. The van der Waals surface area contributed by atoms with E-state index in [-0.39, 0.29) is 6.10 Å². The van der Waals surface area contributed by atoms with Crippen LogP contribution in [0.15, 0.2) is 0 Å². The van der Waals surface area contributed by atoms with Crippen molar-refractivity contribution < 1.29 is 5.11 Å². The highest BCUT2D eigenvalue weighted by Gasteiger charge is 2.31. The summed E-state index contributed by atoms with van der Waals surface area (Å²) in [5, 5.41) is 9.85. The van der Waals surface area contributed by atoms with Crippen LogP contribution < -0.4 is 0 Å². The van der Waals surface area contributed by atoms with Crippen molar-refractivity contribution in [2.45, 2.75) is 37.8 Å². The number of β-amino-alcohol motifs (C(OH)–C–C–N with tert-alkyl or cyclic N) is 1. The van der Waals surface area contributed by atoms with E-state index >= 15 is 0 Å². The van der Waals surface area contributed by atoms with E-state index in [1.807, 2.05) is 0 Å². The summed E-state index contributed by atoms with van der Waals surface area (Å²) in [6.45, 7) is 6.78. The zero-order valence-corrected chi connectivity index (χ0v) is 12.0. The predicted molar refractivity (Wildman–Crippen MR) is 74.8 cm³/mol. The van der Waals surface area contributed by atoms with Gasteiger partial charge < -0.3 is 14.9 Å². The van der Waals surface area contributed by atoms with Crippen molar-refractivity contribution >= 4 is 0 Å². The number of likely N-dealkylation sites (tertiary alicyclic amines) is 2. The molecule has 2 fully saturated rings. The predicted octanol–water partition coefficient (Wildman–Crippen LogP) is 0.469. The number of rotatable bonds is 5. The van der Waals surface area contributed by atoms with Gasteiger partial charge in [-0.3, -0.25) is 4.90 Å². The Morgan fingerprint density at radius 1 is 1.11 bits per heavy atom. The molecule has 0 radical (unpaired) electrons. The van der Waals surface area contributed by atoms with Gasteiger partial charge in [-0.2, -0.15) is 0 Å². The van der Waals surface area contributed by atoms with Gasteiger partial charge in [-0.15, -0.1) is 0 Å². The smallest absolute Gasteiger partial charge is 0.0682 e. The summed E-state index contributed by atoms with van der Waals surface area (Å²) in [7, 11) is 4.24. The number of aliphatic hydroxyl groups excluding tert-OH is 1.